The largest absolute Gasteiger partial charge is 0.454 e. The Bertz CT molecular complexity index is 497. The molecule has 4 heteroatoms. The zero-order valence-corrected chi connectivity index (χ0v) is 10.8. The molecule has 0 N–H and O–H groups in total. The number of hydrogen-bond acceptors (Lipinski definition) is 4. The number of ether oxygens (including phenoxy) is 2. The topological polar surface area (TPSA) is 52.6 Å². The first-order valence-electron chi connectivity index (χ1n) is 5.84. The van der Waals surface area contributed by atoms with Crippen LogP contribution in [0.5, 0.6) is 11.5 Å². The lowest BCUT2D eigenvalue weighted by Gasteiger charge is -2.15. The van der Waals surface area contributed by atoms with Crippen molar-refractivity contribution >= 4 is 11.6 Å². The van der Waals surface area contributed by atoms with Gasteiger partial charge in [0, 0.05) is 11.8 Å². The number of benzene rings is 1. The van der Waals surface area contributed by atoms with Crippen molar-refractivity contribution in [2.24, 2.45) is 5.41 Å². The van der Waals surface area contributed by atoms with Crippen LogP contribution in [-0.2, 0) is 16.0 Å². The van der Waals surface area contributed by atoms with Gasteiger partial charge in [0.05, 0.1) is 0 Å². The Morgan fingerprint density at radius 1 is 1.17 bits per heavy atom. The van der Waals surface area contributed by atoms with Crippen molar-refractivity contribution in [3.8, 4) is 11.5 Å². The first-order chi connectivity index (χ1) is 8.38. The van der Waals surface area contributed by atoms with Gasteiger partial charge in [0.2, 0.25) is 18.4 Å². The number of hydrogen-bond donors (Lipinski definition) is 0. The summed E-state index contributed by atoms with van der Waals surface area (Å²) in [6.07, 6.45) is 0.104. The van der Waals surface area contributed by atoms with Gasteiger partial charge in [-0.15, -0.1) is 0 Å². The lowest BCUT2D eigenvalue weighted by atomic mass is 9.86. The van der Waals surface area contributed by atoms with Gasteiger partial charge in [0.1, 0.15) is 0 Å². The lowest BCUT2D eigenvalue weighted by molar-refractivity contribution is -0.140. The van der Waals surface area contributed by atoms with E-state index in [2.05, 4.69) is 0 Å². The Kier molecular flexibility index (Phi) is 3.11. The zero-order chi connectivity index (χ0) is 13.3. The molecule has 0 aromatic heterocycles. The van der Waals surface area contributed by atoms with Crippen LogP contribution in [0.15, 0.2) is 18.2 Å². The van der Waals surface area contributed by atoms with E-state index in [1.807, 2.05) is 0 Å². The van der Waals surface area contributed by atoms with E-state index in [-0.39, 0.29) is 24.8 Å². The molecule has 2 rings (SSSR count). The van der Waals surface area contributed by atoms with Gasteiger partial charge in [-0.2, -0.15) is 0 Å². The molecule has 1 heterocycles. The summed E-state index contributed by atoms with van der Waals surface area (Å²) >= 11 is 0. The molecule has 96 valence electrons. The number of Topliss-reactive ketones (excluding diaryl/α,β-unsaturated/α-hetero) is 2. The smallest absolute Gasteiger partial charge is 0.231 e. The van der Waals surface area contributed by atoms with Gasteiger partial charge in [0.25, 0.3) is 0 Å². The highest BCUT2D eigenvalue weighted by Gasteiger charge is 2.28. The fourth-order valence-electron chi connectivity index (χ4n) is 1.73. The molecule has 1 aliphatic heterocycles. The van der Waals surface area contributed by atoms with Crippen LogP contribution in [0.4, 0.5) is 0 Å². The maximum absolute atomic E-state index is 11.8. The average molecular weight is 248 g/mol. The van der Waals surface area contributed by atoms with E-state index in [4.69, 9.17) is 9.47 Å². The Labute approximate surface area is 106 Å². The van der Waals surface area contributed by atoms with E-state index in [1.54, 1.807) is 39.0 Å². The Balaban J connectivity index is 2.11. The monoisotopic (exact) mass is 248 g/mol. The van der Waals surface area contributed by atoms with Crippen LogP contribution in [0.2, 0.25) is 0 Å². The summed E-state index contributed by atoms with van der Waals surface area (Å²) in [7, 11) is 0. The van der Waals surface area contributed by atoms with Crippen molar-refractivity contribution in [1.82, 2.24) is 0 Å². The van der Waals surface area contributed by atoms with Crippen LogP contribution in [0.3, 0.4) is 0 Å². The molecule has 18 heavy (non-hydrogen) atoms. The summed E-state index contributed by atoms with van der Waals surface area (Å²) in [6, 6.07) is 5.28. The highest BCUT2D eigenvalue weighted by molar-refractivity contribution is 6.39. The number of rotatable bonds is 3. The second-order valence-corrected chi connectivity index (χ2v) is 5.37. The second-order valence-electron chi connectivity index (χ2n) is 5.37. The SMILES string of the molecule is CC(C)(C)C(=O)C(=O)Cc1ccc2c(c1)OCO2. The van der Waals surface area contributed by atoms with Crippen molar-refractivity contribution in [1.29, 1.82) is 0 Å². The van der Waals surface area contributed by atoms with Gasteiger partial charge >= 0.3 is 0 Å². The van der Waals surface area contributed by atoms with Gasteiger partial charge in [-0.25, -0.2) is 0 Å². The Morgan fingerprint density at radius 2 is 1.83 bits per heavy atom. The van der Waals surface area contributed by atoms with E-state index < -0.39 is 5.41 Å². The molecule has 0 radical (unpaired) electrons. The highest BCUT2D eigenvalue weighted by atomic mass is 16.7. The third kappa shape index (κ3) is 2.53. The summed E-state index contributed by atoms with van der Waals surface area (Å²) < 4.78 is 10.4. The van der Waals surface area contributed by atoms with E-state index in [9.17, 15) is 9.59 Å². The average Bonchev–Trinajstić information content (AvgIpc) is 2.73. The van der Waals surface area contributed by atoms with Gasteiger partial charge in [-0.1, -0.05) is 26.8 Å². The van der Waals surface area contributed by atoms with E-state index in [0.717, 1.165) is 5.56 Å². The van der Waals surface area contributed by atoms with Gasteiger partial charge in [-0.3, -0.25) is 9.59 Å². The second kappa shape index (κ2) is 4.44. The fourth-order valence-corrected chi connectivity index (χ4v) is 1.73. The third-order valence-corrected chi connectivity index (χ3v) is 2.74. The minimum atomic E-state index is -0.632. The number of ketones is 2. The molecular formula is C14H16O4. The van der Waals surface area contributed by atoms with Crippen LogP contribution in [0.1, 0.15) is 26.3 Å². The van der Waals surface area contributed by atoms with Crippen molar-refractivity contribution < 1.29 is 19.1 Å². The number of fused-ring (bicyclic) bond motifs is 1. The predicted molar refractivity (Wildman–Crippen MR) is 65.7 cm³/mol. The molecule has 0 fully saturated rings. The van der Waals surface area contributed by atoms with Crippen LogP contribution in [0, 0.1) is 5.41 Å². The molecule has 0 amide bonds. The van der Waals surface area contributed by atoms with Crippen molar-refractivity contribution in [2.45, 2.75) is 27.2 Å². The summed E-state index contributed by atoms with van der Waals surface area (Å²) in [5.41, 5.74) is 0.134. The van der Waals surface area contributed by atoms with E-state index in [0.29, 0.717) is 11.5 Å². The Hall–Kier alpha value is -1.84. The number of carbonyl (C=O) groups is 2. The summed E-state index contributed by atoms with van der Waals surface area (Å²) in [4.78, 5) is 23.6. The fraction of sp³-hybridized carbons (Fsp3) is 0.429. The predicted octanol–water partition coefficient (Wildman–Crippen LogP) is 2.14. The molecular weight excluding hydrogens is 232 g/mol. The molecule has 0 aliphatic carbocycles. The standard InChI is InChI=1S/C14H16O4/c1-14(2,3)13(16)10(15)6-9-4-5-11-12(7-9)18-8-17-11/h4-5,7H,6,8H2,1-3H3. The van der Waals surface area contributed by atoms with E-state index >= 15 is 0 Å². The van der Waals surface area contributed by atoms with Gasteiger partial charge in [-0.05, 0) is 17.7 Å². The number of carbonyl (C=O) groups excluding carboxylic acids is 2. The minimum Gasteiger partial charge on any atom is -0.454 e. The van der Waals surface area contributed by atoms with Crippen LogP contribution < -0.4 is 9.47 Å². The molecule has 1 aromatic carbocycles. The first-order valence-corrected chi connectivity index (χ1v) is 5.84. The van der Waals surface area contributed by atoms with Crippen molar-refractivity contribution in [3.05, 3.63) is 23.8 Å². The minimum absolute atomic E-state index is 0.104. The normalized spacial score (nSPS) is 13.5. The summed E-state index contributed by atoms with van der Waals surface area (Å²) in [5, 5.41) is 0. The Morgan fingerprint density at radius 3 is 2.50 bits per heavy atom. The molecule has 0 saturated heterocycles. The summed E-state index contributed by atoms with van der Waals surface area (Å²) in [5.74, 6) is 0.582. The molecule has 0 atom stereocenters. The quantitative estimate of drug-likeness (QED) is 0.769. The molecule has 1 aliphatic rings. The lowest BCUT2D eigenvalue weighted by Crippen LogP contribution is -2.29. The highest BCUT2D eigenvalue weighted by Crippen LogP contribution is 2.32. The van der Waals surface area contributed by atoms with Gasteiger partial charge < -0.3 is 9.47 Å². The van der Waals surface area contributed by atoms with Crippen LogP contribution in [-0.4, -0.2) is 18.4 Å². The molecule has 0 saturated carbocycles. The third-order valence-electron chi connectivity index (χ3n) is 2.74. The van der Waals surface area contributed by atoms with Crippen LogP contribution in [0.25, 0.3) is 0 Å². The van der Waals surface area contributed by atoms with Crippen molar-refractivity contribution in [2.75, 3.05) is 6.79 Å². The summed E-state index contributed by atoms with van der Waals surface area (Å²) in [6.45, 7) is 5.43. The first kappa shape index (κ1) is 12.6. The van der Waals surface area contributed by atoms with E-state index in [1.165, 1.54) is 0 Å². The molecule has 0 bridgehead atoms. The van der Waals surface area contributed by atoms with Crippen molar-refractivity contribution in [3.63, 3.8) is 0 Å². The maximum Gasteiger partial charge on any atom is 0.231 e. The zero-order valence-electron chi connectivity index (χ0n) is 10.8. The maximum atomic E-state index is 11.8. The molecule has 0 unspecified atom stereocenters. The molecule has 4 nitrogen and oxygen atoms in total. The van der Waals surface area contributed by atoms with Gasteiger partial charge in [0.15, 0.2) is 11.5 Å². The van der Waals surface area contributed by atoms with Crippen LogP contribution >= 0.6 is 0 Å². The molecule has 0 spiro atoms. The molecule has 1 aromatic rings.